The maximum absolute atomic E-state index is 12.0. The summed E-state index contributed by atoms with van der Waals surface area (Å²) in [6.07, 6.45) is 1.17. The number of anilines is 2. The van der Waals surface area contributed by atoms with E-state index >= 15 is 0 Å². The Morgan fingerprint density at radius 2 is 1.90 bits per heavy atom. The van der Waals surface area contributed by atoms with Crippen LogP contribution < -0.4 is 10.6 Å². The molecule has 3 N–H and O–H groups in total. The molecule has 0 saturated heterocycles. The lowest BCUT2D eigenvalue weighted by atomic mass is 10.2. The minimum absolute atomic E-state index is 0.0489. The van der Waals surface area contributed by atoms with E-state index in [1.165, 1.54) is 13.0 Å². The van der Waals surface area contributed by atoms with Gasteiger partial charge in [-0.3, -0.25) is 19.3 Å². The number of carbonyl (C=O) groups is 3. The predicted molar refractivity (Wildman–Crippen MR) is 76.3 cm³/mol. The Hall–Kier alpha value is -2.67. The molecule has 0 atom stereocenters. The molecule has 0 fully saturated rings. The highest BCUT2D eigenvalue weighted by atomic mass is 16.3. The fraction of sp³-hybridized carbons (Fsp3) is 0.214. The van der Waals surface area contributed by atoms with Crippen molar-refractivity contribution in [2.75, 3.05) is 23.8 Å². The minimum Gasteiger partial charge on any atom is -0.395 e. The average molecular weight is 289 g/mol. The van der Waals surface area contributed by atoms with E-state index in [9.17, 15) is 14.4 Å². The summed E-state index contributed by atoms with van der Waals surface area (Å²) in [5.41, 5.74) is 1.11. The van der Waals surface area contributed by atoms with Crippen LogP contribution >= 0.6 is 0 Å². The summed E-state index contributed by atoms with van der Waals surface area (Å²) in [6.45, 7) is 1.04. The van der Waals surface area contributed by atoms with Gasteiger partial charge in [-0.1, -0.05) is 12.1 Å². The van der Waals surface area contributed by atoms with Gasteiger partial charge in [0, 0.05) is 13.0 Å². The van der Waals surface area contributed by atoms with Gasteiger partial charge in [-0.25, -0.2) is 0 Å². The van der Waals surface area contributed by atoms with Crippen molar-refractivity contribution in [2.24, 2.45) is 0 Å². The molecule has 1 aromatic carbocycles. The third-order valence-corrected chi connectivity index (χ3v) is 2.84. The number of β-amino-alcohol motifs (C(OH)–C–C–N with tert-alkyl or cyclic N) is 1. The molecule has 0 unspecified atom stereocenters. The third kappa shape index (κ3) is 3.26. The summed E-state index contributed by atoms with van der Waals surface area (Å²) in [6, 6.07) is 6.83. The zero-order valence-electron chi connectivity index (χ0n) is 11.4. The molecule has 21 heavy (non-hydrogen) atoms. The summed E-state index contributed by atoms with van der Waals surface area (Å²) in [5, 5.41) is 14.3. The number of hydrogen-bond donors (Lipinski definition) is 3. The number of benzene rings is 1. The molecular formula is C14H15N3O4. The molecule has 1 aromatic rings. The summed E-state index contributed by atoms with van der Waals surface area (Å²) in [7, 11) is 0. The van der Waals surface area contributed by atoms with Gasteiger partial charge in [0.05, 0.1) is 24.5 Å². The number of nitrogens with one attached hydrogen (secondary N) is 2. The van der Waals surface area contributed by atoms with Crippen LogP contribution in [0.15, 0.2) is 36.0 Å². The molecule has 3 amide bonds. The van der Waals surface area contributed by atoms with Crippen LogP contribution in [-0.2, 0) is 14.4 Å². The first-order valence-corrected chi connectivity index (χ1v) is 6.35. The summed E-state index contributed by atoms with van der Waals surface area (Å²) in [5.74, 6) is -1.23. The van der Waals surface area contributed by atoms with Crippen molar-refractivity contribution in [2.45, 2.75) is 6.92 Å². The Kier molecular flexibility index (Phi) is 4.34. The number of carbonyl (C=O) groups excluding carboxylic acids is 3. The van der Waals surface area contributed by atoms with Gasteiger partial charge < -0.3 is 15.7 Å². The lowest BCUT2D eigenvalue weighted by Gasteiger charge is -2.15. The predicted octanol–water partition coefficient (Wildman–Crippen LogP) is 0.302. The van der Waals surface area contributed by atoms with E-state index in [2.05, 4.69) is 10.6 Å². The number of amides is 3. The van der Waals surface area contributed by atoms with Crippen molar-refractivity contribution in [3.8, 4) is 0 Å². The molecule has 2 rings (SSSR count). The Bertz CT molecular complexity index is 624. The Balaban J connectivity index is 2.20. The molecule has 0 bridgehead atoms. The van der Waals surface area contributed by atoms with E-state index in [1.54, 1.807) is 24.3 Å². The van der Waals surface area contributed by atoms with Gasteiger partial charge in [0.2, 0.25) is 5.91 Å². The van der Waals surface area contributed by atoms with Gasteiger partial charge in [0.1, 0.15) is 5.70 Å². The highest BCUT2D eigenvalue weighted by Gasteiger charge is 2.30. The van der Waals surface area contributed by atoms with Crippen LogP contribution in [0.25, 0.3) is 0 Å². The van der Waals surface area contributed by atoms with Gasteiger partial charge in [0.15, 0.2) is 0 Å². The maximum atomic E-state index is 12.0. The third-order valence-electron chi connectivity index (χ3n) is 2.84. The molecule has 0 aromatic heterocycles. The number of aliphatic hydroxyl groups excluding tert-OH is 1. The monoisotopic (exact) mass is 289 g/mol. The summed E-state index contributed by atoms with van der Waals surface area (Å²) >= 11 is 0. The van der Waals surface area contributed by atoms with Gasteiger partial charge in [0.25, 0.3) is 11.8 Å². The Labute approximate surface area is 121 Å². The van der Waals surface area contributed by atoms with E-state index in [0.29, 0.717) is 11.4 Å². The van der Waals surface area contributed by atoms with E-state index in [-0.39, 0.29) is 24.8 Å². The lowest BCUT2D eigenvalue weighted by Crippen LogP contribution is -2.34. The van der Waals surface area contributed by atoms with E-state index in [1.807, 2.05) is 0 Å². The molecule has 1 heterocycles. The van der Waals surface area contributed by atoms with Gasteiger partial charge in [-0.15, -0.1) is 0 Å². The SMILES string of the molecule is CC(=O)Nc1ccccc1NC1=CC(=O)N(CCO)C1=O. The number of rotatable bonds is 5. The summed E-state index contributed by atoms with van der Waals surface area (Å²) in [4.78, 5) is 35.8. The van der Waals surface area contributed by atoms with Gasteiger partial charge in [-0.05, 0) is 12.1 Å². The van der Waals surface area contributed by atoms with Crippen LogP contribution in [0.5, 0.6) is 0 Å². The second-order valence-corrected chi connectivity index (χ2v) is 4.43. The van der Waals surface area contributed by atoms with Crippen LogP contribution in [0.2, 0.25) is 0 Å². The molecule has 0 radical (unpaired) electrons. The van der Waals surface area contributed by atoms with Crippen molar-refractivity contribution in [1.82, 2.24) is 4.90 Å². The molecule has 0 saturated carbocycles. The van der Waals surface area contributed by atoms with Crippen molar-refractivity contribution < 1.29 is 19.5 Å². The normalized spacial score (nSPS) is 14.2. The van der Waals surface area contributed by atoms with Gasteiger partial charge in [-0.2, -0.15) is 0 Å². The molecule has 1 aliphatic rings. The van der Waals surface area contributed by atoms with Crippen molar-refractivity contribution in [3.63, 3.8) is 0 Å². The van der Waals surface area contributed by atoms with Crippen molar-refractivity contribution in [3.05, 3.63) is 36.0 Å². The topological polar surface area (TPSA) is 98.7 Å². The number of aliphatic hydroxyl groups is 1. The minimum atomic E-state index is -0.508. The molecule has 7 nitrogen and oxygen atoms in total. The lowest BCUT2D eigenvalue weighted by molar-refractivity contribution is -0.137. The molecule has 1 aliphatic heterocycles. The molecule has 0 spiro atoms. The first-order valence-electron chi connectivity index (χ1n) is 6.35. The number of para-hydroxylation sites is 2. The Morgan fingerprint density at radius 1 is 1.24 bits per heavy atom. The van der Waals surface area contributed by atoms with E-state index < -0.39 is 11.8 Å². The first kappa shape index (κ1) is 14.7. The van der Waals surface area contributed by atoms with Crippen molar-refractivity contribution in [1.29, 1.82) is 0 Å². The zero-order chi connectivity index (χ0) is 15.4. The number of nitrogens with zero attached hydrogens (tertiary/aromatic N) is 1. The standard InChI is InChI=1S/C14H15N3O4/c1-9(19)15-10-4-2-3-5-11(10)16-12-8-13(20)17(6-7-18)14(12)21/h2-5,8,16,18H,6-7H2,1H3,(H,15,19). The smallest absolute Gasteiger partial charge is 0.277 e. The zero-order valence-corrected chi connectivity index (χ0v) is 11.4. The quantitative estimate of drug-likeness (QED) is 0.677. The Morgan fingerprint density at radius 3 is 2.52 bits per heavy atom. The fourth-order valence-electron chi connectivity index (χ4n) is 1.95. The van der Waals surface area contributed by atoms with Gasteiger partial charge >= 0.3 is 0 Å². The molecule has 7 heteroatoms. The number of imide groups is 1. The van der Waals surface area contributed by atoms with Crippen molar-refractivity contribution >= 4 is 29.1 Å². The summed E-state index contributed by atoms with van der Waals surface area (Å²) < 4.78 is 0. The second kappa shape index (κ2) is 6.19. The second-order valence-electron chi connectivity index (χ2n) is 4.43. The fourth-order valence-corrected chi connectivity index (χ4v) is 1.95. The number of hydrogen-bond acceptors (Lipinski definition) is 5. The first-order chi connectivity index (χ1) is 10.0. The highest BCUT2D eigenvalue weighted by molar-refractivity contribution is 6.17. The van der Waals surface area contributed by atoms with E-state index in [4.69, 9.17) is 5.11 Å². The van der Waals surface area contributed by atoms with E-state index in [0.717, 1.165) is 4.90 Å². The van der Waals surface area contributed by atoms with Crippen LogP contribution in [0.4, 0.5) is 11.4 Å². The largest absolute Gasteiger partial charge is 0.395 e. The van der Waals surface area contributed by atoms with Crippen LogP contribution in [-0.4, -0.2) is 40.9 Å². The molecular weight excluding hydrogens is 274 g/mol. The molecule has 0 aliphatic carbocycles. The molecule has 110 valence electrons. The van der Waals surface area contributed by atoms with Crippen LogP contribution in [0, 0.1) is 0 Å². The maximum Gasteiger partial charge on any atom is 0.277 e. The van der Waals surface area contributed by atoms with Crippen LogP contribution in [0.1, 0.15) is 6.92 Å². The highest BCUT2D eigenvalue weighted by Crippen LogP contribution is 2.24. The van der Waals surface area contributed by atoms with Crippen LogP contribution in [0.3, 0.4) is 0 Å². The average Bonchev–Trinajstić information content (AvgIpc) is 2.69.